The Balaban J connectivity index is 0.00000280. The fourth-order valence-electron chi connectivity index (χ4n) is 3.31. The lowest BCUT2D eigenvalue weighted by Crippen LogP contribution is -2.52. The summed E-state index contributed by atoms with van der Waals surface area (Å²) in [5, 5.41) is 8.04. The molecule has 152 valence electrons. The minimum absolute atomic E-state index is 0. The van der Waals surface area contributed by atoms with Gasteiger partial charge in [0.15, 0.2) is 0 Å². The van der Waals surface area contributed by atoms with Crippen LogP contribution in [0.3, 0.4) is 0 Å². The Bertz CT molecular complexity index is 820. The van der Waals surface area contributed by atoms with Crippen molar-refractivity contribution in [3.63, 3.8) is 0 Å². The maximum atomic E-state index is 12.5. The molecule has 0 aromatic heterocycles. The quantitative estimate of drug-likeness (QED) is 0.633. The summed E-state index contributed by atoms with van der Waals surface area (Å²) < 4.78 is 0. The van der Waals surface area contributed by atoms with Crippen molar-refractivity contribution in [2.24, 2.45) is 17.6 Å². The highest BCUT2D eigenvalue weighted by Crippen LogP contribution is 2.31. The Morgan fingerprint density at radius 3 is 2.43 bits per heavy atom. The molecule has 2 atom stereocenters. The maximum Gasteiger partial charge on any atom is 0.242 e. The largest absolute Gasteiger partial charge is 0.353 e. The van der Waals surface area contributed by atoms with Crippen molar-refractivity contribution in [3.8, 4) is 0 Å². The standard InChI is InChI=1S/C22H29N3O2.ClH/c1-14(2)21(22(27)24-13-19(23)17-9-10-17)25-20(26)12-15-7-8-16-5-3-4-6-18(16)11-15;/h3-8,11,14,17,19,21H,9-10,12-13,23H2,1-2H3,(H,24,27)(H,25,26);1H. The number of nitrogens with two attached hydrogens (primary N) is 1. The molecule has 1 saturated carbocycles. The molecule has 0 aliphatic heterocycles. The molecule has 28 heavy (non-hydrogen) atoms. The zero-order valence-corrected chi connectivity index (χ0v) is 17.3. The normalized spacial score (nSPS) is 15.6. The fourth-order valence-corrected chi connectivity index (χ4v) is 3.31. The van der Waals surface area contributed by atoms with Crippen LogP contribution in [0, 0.1) is 11.8 Å². The molecule has 1 aliphatic rings. The maximum absolute atomic E-state index is 12.5. The molecular formula is C22H30ClN3O2. The molecule has 3 rings (SSSR count). The van der Waals surface area contributed by atoms with Gasteiger partial charge in [0.05, 0.1) is 6.42 Å². The first-order chi connectivity index (χ1) is 12.9. The Hall–Kier alpha value is -2.11. The highest BCUT2D eigenvalue weighted by Gasteiger charge is 2.30. The first kappa shape index (κ1) is 22.2. The van der Waals surface area contributed by atoms with Crippen LogP contribution < -0.4 is 16.4 Å². The van der Waals surface area contributed by atoms with E-state index in [9.17, 15) is 9.59 Å². The number of halogens is 1. The second-order valence-corrected chi connectivity index (χ2v) is 7.89. The van der Waals surface area contributed by atoms with Gasteiger partial charge in [-0.25, -0.2) is 0 Å². The summed E-state index contributed by atoms with van der Waals surface area (Å²) in [6.07, 6.45) is 2.54. The third kappa shape index (κ3) is 5.94. The van der Waals surface area contributed by atoms with Gasteiger partial charge < -0.3 is 16.4 Å². The monoisotopic (exact) mass is 403 g/mol. The molecule has 6 heteroatoms. The van der Waals surface area contributed by atoms with E-state index in [4.69, 9.17) is 5.73 Å². The first-order valence-electron chi connectivity index (χ1n) is 9.74. The van der Waals surface area contributed by atoms with Crippen LogP contribution in [0.25, 0.3) is 10.8 Å². The molecule has 5 nitrogen and oxygen atoms in total. The summed E-state index contributed by atoms with van der Waals surface area (Å²) in [7, 11) is 0. The zero-order chi connectivity index (χ0) is 19.4. The van der Waals surface area contributed by atoms with Gasteiger partial charge in [0.1, 0.15) is 6.04 Å². The predicted octanol–water partition coefficient (Wildman–Crippen LogP) is 2.80. The molecular weight excluding hydrogens is 374 g/mol. The molecule has 2 aromatic rings. The number of carbonyl (C=O) groups is 2. The van der Waals surface area contributed by atoms with Gasteiger partial charge in [-0.15, -0.1) is 12.4 Å². The number of rotatable bonds is 8. The van der Waals surface area contributed by atoms with Gasteiger partial charge in [-0.1, -0.05) is 56.3 Å². The number of carbonyl (C=O) groups excluding carboxylic acids is 2. The van der Waals surface area contributed by atoms with E-state index >= 15 is 0 Å². The van der Waals surface area contributed by atoms with Crippen molar-refractivity contribution in [2.75, 3.05) is 6.54 Å². The molecule has 0 spiro atoms. The third-order valence-electron chi connectivity index (χ3n) is 5.18. The summed E-state index contributed by atoms with van der Waals surface area (Å²) in [4.78, 5) is 25.0. The minimum atomic E-state index is -0.552. The number of hydrogen-bond acceptors (Lipinski definition) is 3. The Morgan fingerprint density at radius 1 is 1.11 bits per heavy atom. The molecule has 0 saturated heterocycles. The van der Waals surface area contributed by atoms with Gasteiger partial charge in [0.25, 0.3) is 0 Å². The van der Waals surface area contributed by atoms with Gasteiger partial charge in [-0.2, -0.15) is 0 Å². The Kier molecular flexibility index (Phi) is 7.84. The Morgan fingerprint density at radius 2 is 1.79 bits per heavy atom. The number of benzene rings is 2. The van der Waals surface area contributed by atoms with E-state index in [0.29, 0.717) is 12.5 Å². The molecule has 0 radical (unpaired) electrons. The lowest BCUT2D eigenvalue weighted by molar-refractivity contribution is -0.129. The van der Waals surface area contributed by atoms with Crippen LogP contribution in [0.4, 0.5) is 0 Å². The van der Waals surface area contributed by atoms with Crippen LogP contribution in [-0.4, -0.2) is 30.4 Å². The molecule has 0 bridgehead atoms. The van der Waals surface area contributed by atoms with Gasteiger partial charge >= 0.3 is 0 Å². The van der Waals surface area contributed by atoms with Crippen molar-refractivity contribution in [1.29, 1.82) is 0 Å². The van der Waals surface area contributed by atoms with Gasteiger partial charge in [-0.3, -0.25) is 9.59 Å². The fraction of sp³-hybridized carbons (Fsp3) is 0.455. The molecule has 1 aliphatic carbocycles. The van der Waals surface area contributed by atoms with E-state index in [0.717, 1.165) is 29.2 Å². The van der Waals surface area contributed by atoms with E-state index in [1.54, 1.807) is 0 Å². The van der Waals surface area contributed by atoms with Crippen molar-refractivity contribution < 1.29 is 9.59 Å². The number of fused-ring (bicyclic) bond motifs is 1. The number of hydrogen-bond donors (Lipinski definition) is 3. The lowest BCUT2D eigenvalue weighted by atomic mass is 10.0. The third-order valence-corrected chi connectivity index (χ3v) is 5.18. The van der Waals surface area contributed by atoms with Gasteiger partial charge in [0.2, 0.25) is 11.8 Å². The SMILES string of the molecule is CC(C)C(NC(=O)Cc1ccc2ccccc2c1)C(=O)NCC(N)C1CC1.Cl. The highest BCUT2D eigenvalue weighted by molar-refractivity contribution is 5.89. The number of nitrogens with one attached hydrogen (secondary N) is 2. The van der Waals surface area contributed by atoms with Gasteiger partial charge in [-0.05, 0) is 41.0 Å². The number of amides is 2. The average molecular weight is 404 g/mol. The van der Waals surface area contributed by atoms with Crippen LogP contribution >= 0.6 is 12.4 Å². The smallest absolute Gasteiger partial charge is 0.242 e. The van der Waals surface area contributed by atoms with Gasteiger partial charge in [0, 0.05) is 12.6 Å². The minimum Gasteiger partial charge on any atom is -0.353 e. The van der Waals surface area contributed by atoms with E-state index in [1.807, 2.05) is 56.3 Å². The predicted molar refractivity (Wildman–Crippen MR) is 115 cm³/mol. The topological polar surface area (TPSA) is 84.2 Å². The van der Waals surface area contributed by atoms with Crippen molar-refractivity contribution >= 4 is 35.0 Å². The van der Waals surface area contributed by atoms with Crippen LogP contribution in [-0.2, 0) is 16.0 Å². The summed E-state index contributed by atoms with van der Waals surface area (Å²) in [5.74, 6) is 0.228. The van der Waals surface area contributed by atoms with Crippen LogP contribution in [0.1, 0.15) is 32.3 Å². The molecule has 2 unspecified atom stereocenters. The lowest BCUT2D eigenvalue weighted by Gasteiger charge is -2.23. The average Bonchev–Trinajstić information content (AvgIpc) is 3.49. The molecule has 2 aromatic carbocycles. The van der Waals surface area contributed by atoms with Crippen molar-refractivity contribution in [2.45, 2.75) is 45.2 Å². The first-order valence-corrected chi connectivity index (χ1v) is 9.74. The van der Waals surface area contributed by atoms with E-state index in [2.05, 4.69) is 10.6 Å². The molecule has 2 amide bonds. The second kappa shape index (κ2) is 9.89. The van der Waals surface area contributed by atoms with Crippen LogP contribution in [0.5, 0.6) is 0 Å². The molecule has 1 fully saturated rings. The highest BCUT2D eigenvalue weighted by atomic mass is 35.5. The zero-order valence-electron chi connectivity index (χ0n) is 16.5. The van der Waals surface area contributed by atoms with Crippen LogP contribution in [0.15, 0.2) is 42.5 Å². The molecule has 4 N–H and O–H groups in total. The van der Waals surface area contributed by atoms with E-state index < -0.39 is 6.04 Å². The molecule has 0 heterocycles. The second-order valence-electron chi connectivity index (χ2n) is 7.89. The van der Waals surface area contributed by atoms with E-state index in [1.165, 1.54) is 0 Å². The summed E-state index contributed by atoms with van der Waals surface area (Å²) >= 11 is 0. The van der Waals surface area contributed by atoms with Crippen molar-refractivity contribution in [1.82, 2.24) is 10.6 Å². The van der Waals surface area contributed by atoms with Crippen molar-refractivity contribution in [3.05, 3.63) is 48.0 Å². The summed E-state index contributed by atoms with van der Waals surface area (Å²) in [5.41, 5.74) is 6.99. The Labute approximate surface area is 172 Å². The summed E-state index contributed by atoms with van der Waals surface area (Å²) in [6, 6.07) is 13.5. The summed E-state index contributed by atoms with van der Waals surface area (Å²) in [6.45, 7) is 4.33. The van der Waals surface area contributed by atoms with Crippen LogP contribution in [0.2, 0.25) is 0 Å². The van der Waals surface area contributed by atoms with E-state index in [-0.39, 0.29) is 42.6 Å².